The lowest BCUT2D eigenvalue weighted by molar-refractivity contribution is 0.190. The number of hydrogen-bond donors (Lipinski definition) is 1. The van der Waals surface area contributed by atoms with E-state index in [1.807, 2.05) is 19.2 Å². The van der Waals surface area contributed by atoms with Crippen molar-refractivity contribution in [1.82, 2.24) is 20.4 Å². The summed E-state index contributed by atoms with van der Waals surface area (Å²) in [5.74, 6) is 0.972. The molecule has 4 rings (SSSR count). The minimum atomic E-state index is -3.36. The maximum absolute atomic E-state index is 12.7. The summed E-state index contributed by atoms with van der Waals surface area (Å²) in [4.78, 5) is 6.99. The number of nitrogens with zero attached hydrogens (tertiary/aromatic N) is 3. The molecular formula is C18H25ClN4O3S. The van der Waals surface area contributed by atoms with E-state index in [4.69, 9.17) is 4.52 Å². The van der Waals surface area contributed by atoms with Crippen LogP contribution in [0.25, 0.3) is 0 Å². The second-order valence-corrected chi connectivity index (χ2v) is 9.21. The summed E-state index contributed by atoms with van der Waals surface area (Å²) >= 11 is 0. The van der Waals surface area contributed by atoms with E-state index in [1.165, 1.54) is 11.1 Å². The Kier molecular flexibility index (Phi) is 6.20. The summed E-state index contributed by atoms with van der Waals surface area (Å²) < 4.78 is 30.6. The van der Waals surface area contributed by atoms with Crippen molar-refractivity contribution in [2.75, 3.05) is 32.4 Å². The molecule has 1 aromatic carbocycles. The number of piperazine rings is 1. The maximum atomic E-state index is 12.7. The smallest absolute Gasteiger partial charge is 0.227 e. The van der Waals surface area contributed by atoms with Crippen LogP contribution in [0, 0.1) is 0 Å². The van der Waals surface area contributed by atoms with Gasteiger partial charge in [0.25, 0.3) is 0 Å². The minimum Gasteiger partial charge on any atom is -0.339 e. The molecule has 1 atom stereocenters. The van der Waals surface area contributed by atoms with Gasteiger partial charge in [0.1, 0.15) is 0 Å². The standard InChI is InChI=1S/C18H24N4O3S.ClH/c1-22-9-8-19-12-16(22)18-20-17(25-21-18)7-10-26(23,24)15-6-5-13-3-2-4-14(13)11-15;/h5-6,11,16,19H,2-4,7-10,12H2,1H3;1H. The largest absolute Gasteiger partial charge is 0.339 e. The van der Waals surface area contributed by atoms with E-state index < -0.39 is 9.84 Å². The van der Waals surface area contributed by atoms with Gasteiger partial charge in [-0.25, -0.2) is 8.42 Å². The lowest BCUT2D eigenvalue weighted by Crippen LogP contribution is -2.44. The molecule has 0 radical (unpaired) electrons. The van der Waals surface area contributed by atoms with Gasteiger partial charge in [-0.1, -0.05) is 11.2 Å². The van der Waals surface area contributed by atoms with Crippen molar-refractivity contribution in [3.8, 4) is 0 Å². The Bertz CT molecular complexity index is 900. The van der Waals surface area contributed by atoms with Crippen LogP contribution in [-0.4, -0.2) is 55.9 Å². The first-order chi connectivity index (χ1) is 12.5. The second kappa shape index (κ2) is 8.26. The van der Waals surface area contributed by atoms with Gasteiger partial charge in [-0.15, -0.1) is 12.4 Å². The SMILES string of the molecule is CN1CCNCC1c1noc(CCS(=O)(=O)c2ccc3c(c2)CCC3)n1.Cl. The van der Waals surface area contributed by atoms with E-state index in [9.17, 15) is 8.42 Å². The number of fused-ring (bicyclic) bond motifs is 1. The molecule has 0 amide bonds. The molecule has 1 aromatic heterocycles. The molecule has 9 heteroatoms. The summed E-state index contributed by atoms with van der Waals surface area (Å²) in [6, 6.07) is 5.57. The number of halogens is 1. The predicted molar refractivity (Wildman–Crippen MR) is 104 cm³/mol. The van der Waals surface area contributed by atoms with Crippen LogP contribution in [0.4, 0.5) is 0 Å². The van der Waals surface area contributed by atoms with Gasteiger partial charge < -0.3 is 9.84 Å². The van der Waals surface area contributed by atoms with Gasteiger partial charge in [0, 0.05) is 26.1 Å². The number of aromatic nitrogens is 2. The molecule has 2 heterocycles. The third-order valence-electron chi connectivity index (χ3n) is 5.31. The van der Waals surface area contributed by atoms with Gasteiger partial charge in [0.2, 0.25) is 5.89 Å². The van der Waals surface area contributed by atoms with E-state index >= 15 is 0 Å². The van der Waals surface area contributed by atoms with Crippen LogP contribution in [-0.2, 0) is 29.1 Å². The molecule has 7 nitrogen and oxygen atoms in total. The van der Waals surface area contributed by atoms with E-state index in [-0.39, 0.29) is 30.6 Å². The van der Waals surface area contributed by atoms with Crippen LogP contribution in [0.5, 0.6) is 0 Å². The van der Waals surface area contributed by atoms with Crippen molar-refractivity contribution in [2.45, 2.75) is 36.6 Å². The molecule has 148 valence electrons. The summed E-state index contributed by atoms with van der Waals surface area (Å²) in [7, 11) is -1.33. The lowest BCUT2D eigenvalue weighted by atomic mass is 10.1. The summed E-state index contributed by atoms with van der Waals surface area (Å²) in [6.07, 6.45) is 3.35. The number of benzene rings is 1. The fourth-order valence-electron chi connectivity index (χ4n) is 3.68. The van der Waals surface area contributed by atoms with Gasteiger partial charge in [0.05, 0.1) is 16.7 Å². The zero-order valence-electron chi connectivity index (χ0n) is 15.3. The first kappa shape index (κ1) is 20.3. The van der Waals surface area contributed by atoms with Crippen LogP contribution in [0.2, 0.25) is 0 Å². The van der Waals surface area contributed by atoms with Crippen molar-refractivity contribution < 1.29 is 12.9 Å². The van der Waals surface area contributed by atoms with E-state index in [0.29, 0.717) is 16.6 Å². The van der Waals surface area contributed by atoms with Crippen LogP contribution < -0.4 is 5.32 Å². The van der Waals surface area contributed by atoms with Gasteiger partial charge >= 0.3 is 0 Å². The van der Waals surface area contributed by atoms with Gasteiger partial charge in [0.15, 0.2) is 15.7 Å². The third-order valence-corrected chi connectivity index (χ3v) is 7.02. The number of hydrogen-bond acceptors (Lipinski definition) is 7. The Labute approximate surface area is 165 Å². The Morgan fingerprint density at radius 2 is 2.11 bits per heavy atom. The zero-order chi connectivity index (χ0) is 18.1. The molecule has 2 aromatic rings. The van der Waals surface area contributed by atoms with Crippen molar-refractivity contribution in [1.29, 1.82) is 0 Å². The average molecular weight is 413 g/mol. The molecule has 1 N–H and O–H groups in total. The van der Waals surface area contributed by atoms with Gasteiger partial charge in [-0.2, -0.15) is 4.98 Å². The Hall–Kier alpha value is -1.48. The fraction of sp³-hybridized carbons (Fsp3) is 0.556. The van der Waals surface area contributed by atoms with Crippen molar-refractivity contribution in [3.63, 3.8) is 0 Å². The van der Waals surface area contributed by atoms with Crippen LogP contribution >= 0.6 is 12.4 Å². The molecule has 1 unspecified atom stereocenters. The van der Waals surface area contributed by atoms with E-state index in [2.05, 4.69) is 20.4 Å². The zero-order valence-corrected chi connectivity index (χ0v) is 17.0. The normalized spacial score (nSPS) is 20.3. The van der Waals surface area contributed by atoms with Crippen LogP contribution in [0.15, 0.2) is 27.6 Å². The topological polar surface area (TPSA) is 88.3 Å². The third kappa shape index (κ3) is 4.34. The molecule has 0 saturated carbocycles. The molecule has 0 bridgehead atoms. The summed E-state index contributed by atoms with van der Waals surface area (Å²) in [5, 5.41) is 7.36. The number of rotatable bonds is 5. The van der Waals surface area contributed by atoms with Crippen molar-refractivity contribution in [2.24, 2.45) is 0 Å². The highest BCUT2D eigenvalue weighted by Gasteiger charge is 2.26. The van der Waals surface area contributed by atoms with Gasteiger partial charge in [-0.3, -0.25) is 4.90 Å². The quantitative estimate of drug-likeness (QED) is 0.797. The van der Waals surface area contributed by atoms with Crippen molar-refractivity contribution >= 4 is 22.2 Å². The van der Waals surface area contributed by atoms with Crippen molar-refractivity contribution in [3.05, 3.63) is 41.0 Å². The van der Waals surface area contributed by atoms with E-state index in [1.54, 1.807) is 6.07 Å². The molecule has 27 heavy (non-hydrogen) atoms. The molecule has 1 aliphatic heterocycles. The average Bonchev–Trinajstić information content (AvgIpc) is 3.29. The number of aryl methyl sites for hydroxylation is 3. The summed E-state index contributed by atoms with van der Waals surface area (Å²) in [5.41, 5.74) is 2.44. The summed E-state index contributed by atoms with van der Waals surface area (Å²) in [6.45, 7) is 2.63. The van der Waals surface area contributed by atoms with Gasteiger partial charge in [-0.05, 0) is 49.6 Å². The monoisotopic (exact) mass is 412 g/mol. The molecule has 1 fully saturated rings. The first-order valence-corrected chi connectivity index (χ1v) is 10.8. The maximum Gasteiger partial charge on any atom is 0.227 e. The number of sulfone groups is 1. The molecule has 0 spiro atoms. The highest BCUT2D eigenvalue weighted by molar-refractivity contribution is 7.91. The number of nitrogens with one attached hydrogen (secondary N) is 1. The minimum absolute atomic E-state index is 0. The predicted octanol–water partition coefficient (Wildman–Crippen LogP) is 1.57. The molecule has 2 aliphatic rings. The van der Waals surface area contributed by atoms with E-state index in [0.717, 1.165) is 38.9 Å². The Balaban J connectivity index is 0.00000210. The molecule has 1 aliphatic carbocycles. The van der Waals surface area contributed by atoms with Crippen LogP contribution in [0.1, 0.15) is 35.3 Å². The Morgan fingerprint density at radius 1 is 1.30 bits per heavy atom. The molecular weight excluding hydrogens is 388 g/mol. The highest BCUT2D eigenvalue weighted by atomic mass is 35.5. The fourth-order valence-corrected chi connectivity index (χ4v) is 4.96. The van der Waals surface area contributed by atoms with Crippen LogP contribution in [0.3, 0.4) is 0 Å². The Morgan fingerprint density at radius 3 is 2.93 bits per heavy atom. The highest BCUT2D eigenvalue weighted by Crippen LogP contribution is 2.25. The number of likely N-dealkylation sites (N-methyl/N-ethyl adjacent to an activating group) is 1. The molecule has 1 saturated heterocycles. The first-order valence-electron chi connectivity index (χ1n) is 9.11. The lowest BCUT2D eigenvalue weighted by Gasteiger charge is -2.30. The second-order valence-electron chi connectivity index (χ2n) is 7.10.